The van der Waals surface area contributed by atoms with E-state index in [0.29, 0.717) is 31.2 Å². The lowest BCUT2D eigenvalue weighted by molar-refractivity contribution is -0.0802. The lowest BCUT2D eigenvalue weighted by atomic mass is 9.84. The molecule has 2 atom stereocenters. The smallest absolute Gasteiger partial charge is 0.0961 e. The predicted molar refractivity (Wildman–Crippen MR) is 133 cm³/mol. The van der Waals surface area contributed by atoms with Crippen molar-refractivity contribution in [2.45, 2.75) is 70.1 Å². The van der Waals surface area contributed by atoms with Crippen LogP contribution in [0.25, 0.3) is 10.4 Å². The minimum Gasteiger partial charge on any atom is -0.375 e. The first kappa shape index (κ1) is 25.3. The normalized spacial score (nSPS) is 26.2. The fourth-order valence-electron chi connectivity index (χ4n) is 4.86. The van der Waals surface area contributed by atoms with Crippen LogP contribution in [-0.4, -0.2) is 47.8 Å². The summed E-state index contributed by atoms with van der Waals surface area (Å²) in [7, 11) is 0. The third kappa shape index (κ3) is 6.16. The molecular formula is C23H31Cl2N5OS. The molecule has 2 heterocycles. The molecule has 0 amide bonds. The van der Waals surface area contributed by atoms with Gasteiger partial charge in [0.25, 0.3) is 0 Å². The largest absolute Gasteiger partial charge is 0.375 e. The maximum absolute atomic E-state index is 8.71. The summed E-state index contributed by atoms with van der Waals surface area (Å²) < 4.78 is 6.08. The lowest BCUT2D eigenvalue weighted by Crippen LogP contribution is -2.56. The Morgan fingerprint density at radius 1 is 1.22 bits per heavy atom. The Kier molecular flexibility index (Phi) is 9.23. The number of nitrogens with zero attached hydrogens (tertiary/aromatic N) is 5. The van der Waals surface area contributed by atoms with Crippen molar-refractivity contribution in [1.82, 2.24) is 9.88 Å². The maximum Gasteiger partial charge on any atom is 0.0961 e. The number of rotatable bonds is 6. The molecule has 32 heavy (non-hydrogen) atoms. The second-order valence-corrected chi connectivity index (χ2v) is 10.4. The molecule has 1 aromatic carbocycles. The molecule has 6 nitrogen and oxygen atoms in total. The van der Waals surface area contributed by atoms with E-state index in [1.54, 1.807) is 0 Å². The van der Waals surface area contributed by atoms with Crippen LogP contribution in [0.15, 0.2) is 29.4 Å². The van der Waals surface area contributed by atoms with Crippen molar-refractivity contribution in [3.8, 4) is 0 Å². The zero-order valence-corrected chi connectivity index (χ0v) is 21.0. The number of halogens is 2. The molecule has 0 N–H and O–H groups in total. The van der Waals surface area contributed by atoms with E-state index < -0.39 is 0 Å². The van der Waals surface area contributed by atoms with Gasteiger partial charge in [-0.05, 0) is 69.2 Å². The molecule has 1 aliphatic carbocycles. The van der Waals surface area contributed by atoms with Crippen LogP contribution < -0.4 is 0 Å². The van der Waals surface area contributed by atoms with E-state index in [-0.39, 0.29) is 18.5 Å². The zero-order valence-electron chi connectivity index (χ0n) is 18.6. The van der Waals surface area contributed by atoms with Gasteiger partial charge in [-0.3, -0.25) is 4.90 Å². The van der Waals surface area contributed by atoms with Crippen LogP contribution in [0.2, 0.25) is 5.02 Å². The molecule has 174 valence electrons. The zero-order chi connectivity index (χ0) is 21.8. The molecule has 0 bridgehead atoms. The van der Waals surface area contributed by atoms with Gasteiger partial charge in [0.05, 0.1) is 30.0 Å². The first-order valence-corrected chi connectivity index (χ1v) is 12.3. The maximum atomic E-state index is 8.71. The average Bonchev–Trinajstić information content (AvgIpc) is 3.13. The van der Waals surface area contributed by atoms with E-state index >= 15 is 0 Å². The van der Waals surface area contributed by atoms with Gasteiger partial charge in [-0.15, -0.1) is 23.7 Å². The standard InChI is InChI=1S/C23H30ClN5OS.ClH/c1-15-16(2)31-23(27-15)18-5-9-20(10-6-18)29-13-22(12-26-28-25)30-14-21(29)11-17-3-7-19(24)8-4-17;/h3-4,7-8,18,20-22H,5-6,9-14H2,1-2H3;1H/t18?,20?,21-,22-;/m0./s1. The first-order valence-electron chi connectivity index (χ1n) is 11.1. The molecule has 1 saturated heterocycles. The molecule has 0 spiro atoms. The van der Waals surface area contributed by atoms with Crippen LogP contribution in [-0.2, 0) is 11.2 Å². The second-order valence-electron chi connectivity index (χ2n) is 8.75. The van der Waals surface area contributed by atoms with Crippen LogP contribution in [0, 0.1) is 13.8 Å². The summed E-state index contributed by atoms with van der Waals surface area (Å²) in [6.07, 6.45) is 5.63. The van der Waals surface area contributed by atoms with E-state index in [1.807, 2.05) is 23.5 Å². The lowest BCUT2D eigenvalue weighted by Gasteiger charge is -2.46. The summed E-state index contributed by atoms with van der Waals surface area (Å²) in [5, 5.41) is 5.84. The van der Waals surface area contributed by atoms with Crippen LogP contribution in [0.3, 0.4) is 0 Å². The summed E-state index contributed by atoms with van der Waals surface area (Å²) in [5.74, 6) is 0.586. The minimum absolute atomic E-state index is 0. The quantitative estimate of drug-likeness (QED) is 0.261. The Hall–Kier alpha value is -1.34. The highest BCUT2D eigenvalue weighted by atomic mass is 35.5. The van der Waals surface area contributed by atoms with Gasteiger partial charge in [0.1, 0.15) is 0 Å². The molecule has 0 unspecified atom stereocenters. The summed E-state index contributed by atoms with van der Waals surface area (Å²) in [6, 6.07) is 8.99. The number of thiazole rings is 1. The van der Waals surface area contributed by atoms with Crippen molar-refractivity contribution in [3.05, 3.63) is 60.9 Å². The molecule has 1 aromatic heterocycles. The number of ether oxygens (including phenoxy) is 1. The fourth-order valence-corrected chi connectivity index (χ4v) is 6.08. The van der Waals surface area contributed by atoms with Gasteiger partial charge in [0, 0.05) is 39.4 Å². The number of azide groups is 1. The van der Waals surface area contributed by atoms with Crippen LogP contribution in [0.1, 0.15) is 52.7 Å². The Labute approximate surface area is 205 Å². The van der Waals surface area contributed by atoms with E-state index in [0.717, 1.165) is 18.0 Å². The predicted octanol–water partition coefficient (Wildman–Crippen LogP) is 6.48. The Balaban J connectivity index is 0.00000289. The van der Waals surface area contributed by atoms with Crippen molar-refractivity contribution in [2.24, 2.45) is 5.11 Å². The van der Waals surface area contributed by atoms with E-state index in [1.165, 1.54) is 46.8 Å². The number of hydrogen-bond donors (Lipinski definition) is 0. The van der Waals surface area contributed by atoms with Gasteiger partial charge in [-0.2, -0.15) is 0 Å². The SMILES string of the molecule is Cc1nc(C2CCC(N3C[C@H](CN=[N+]=[N-])OC[C@@H]3Cc3ccc(Cl)cc3)CC2)sc1C.Cl. The summed E-state index contributed by atoms with van der Waals surface area (Å²) in [4.78, 5) is 11.7. The average molecular weight is 497 g/mol. The fraction of sp³-hybridized carbons (Fsp3) is 0.609. The van der Waals surface area contributed by atoms with Gasteiger partial charge in [-0.1, -0.05) is 28.8 Å². The molecule has 1 aliphatic heterocycles. The summed E-state index contributed by atoms with van der Waals surface area (Å²) in [5.41, 5.74) is 11.2. The second kappa shape index (κ2) is 11.7. The Bertz CT molecular complexity index is 903. The van der Waals surface area contributed by atoms with Crippen molar-refractivity contribution < 1.29 is 4.74 Å². The van der Waals surface area contributed by atoms with E-state index in [9.17, 15) is 0 Å². The van der Waals surface area contributed by atoms with Gasteiger partial charge >= 0.3 is 0 Å². The van der Waals surface area contributed by atoms with Crippen LogP contribution in [0.5, 0.6) is 0 Å². The Morgan fingerprint density at radius 2 is 1.94 bits per heavy atom. The highest BCUT2D eigenvalue weighted by molar-refractivity contribution is 7.11. The third-order valence-electron chi connectivity index (χ3n) is 6.70. The number of aryl methyl sites for hydroxylation is 2. The van der Waals surface area contributed by atoms with Gasteiger partial charge in [-0.25, -0.2) is 4.98 Å². The van der Waals surface area contributed by atoms with Crippen molar-refractivity contribution in [3.63, 3.8) is 0 Å². The van der Waals surface area contributed by atoms with Crippen LogP contribution in [0.4, 0.5) is 0 Å². The van der Waals surface area contributed by atoms with Crippen molar-refractivity contribution in [1.29, 1.82) is 0 Å². The van der Waals surface area contributed by atoms with Crippen molar-refractivity contribution >= 4 is 35.3 Å². The molecule has 0 radical (unpaired) electrons. The molecule has 2 aliphatic rings. The van der Waals surface area contributed by atoms with Crippen molar-refractivity contribution in [2.75, 3.05) is 19.7 Å². The highest BCUT2D eigenvalue weighted by Gasteiger charge is 2.36. The third-order valence-corrected chi connectivity index (χ3v) is 8.19. The molecule has 1 saturated carbocycles. The summed E-state index contributed by atoms with van der Waals surface area (Å²) in [6.45, 7) is 6.16. The first-order chi connectivity index (χ1) is 15.0. The van der Waals surface area contributed by atoms with E-state index in [2.05, 4.69) is 40.9 Å². The molecule has 9 heteroatoms. The molecule has 2 fully saturated rings. The van der Waals surface area contributed by atoms with Crippen LogP contribution >= 0.6 is 35.3 Å². The molecule has 4 rings (SSSR count). The number of morpholine rings is 1. The van der Waals surface area contributed by atoms with Gasteiger partial charge in [0.15, 0.2) is 0 Å². The minimum atomic E-state index is -0.0284. The highest BCUT2D eigenvalue weighted by Crippen LogP contribution is 2.38. The number of aromatic nitrogens is 1. The van der Waals surface area contributed by atoms with Gasteiger partial charge < -0.3 is 4.74 Å². The molecule has 2 aromatic rings. The number of hydrogen-bond acceptors (Lipinski definition) is 5. The molecular weight excluding hydrogens is 465 g/mol. The topological polar surface area (TPSA) is 74.1 Å². The monoisotopic (exact) mass is 495 g/mol. The van der Waals surface area contributed by atoms with Gasteiger partial charge in [0.2, 0.25) is 0 Å². The van der Waals surface area contributed by atoms with E-state index in [4.69, 9.17) is 26.9 Å². The number of benzene rings is 1. The Morgan fingerprint density at radius 3 is 2.56 bits per heavy atom. The summed E-state index contributed by atoms with van der Waals surface area (Å²) >= 11 is 7.94.